The highest BCUT2D eigenvalue weighted by molar-refractivity contribution is 6.05. The van der Waals surface area contributed by atoms with Crippen molar-refractivity contribution < 1.29 is 22.4 Å². The Balaban J connectivity index is 2.35. The first-order valence-corrected chi connectivity index (χ1v) is 5.81. The van der Waals surface area contributed by atoms with Gasteiger partial charge in [-0.15, -0.1) is 0 Å². The maximum absolute atomic E-state index is 13.5. The van der Waals surface area contributed by atoms with Gasteiger partial charge < -0.3 is 11.1 Å². The SMILES string of the molecule is Cc1c(N)cc(C(=O)Nc2cc(F)cc(F)c2F)cc1F. The molecule has 0 aliphatic heterocycles. The summed E-state index contributed by atoms with van der Waals surface area (Å²) in [5.41, 5.74) is 4.83. The fourth-order valence-electron chi connectivity index (χ4n) is 1.67. The zero-order valence-corrected chi connectivity index (χ0v) is 10.8. The Morgan fingerprint density at radius 2 is 1.71 bits per heavy atom. The Hall–Kier alpha value is -2.57. The number of nitrogen functional groups attached to an aromatic ring is 1. The van der Waals surface area contributed by atoms with E-state index in [4.69, 9.17) is 5.73 Å². The van der Waals surface area contributed by atoms with Crippen LogP contribution in [0.4, 0.5) is 28.9 Å². The van der Waals surface area contributed by atoms with Crippen molar-refractivity contribution >= 4 is 17.3 Å². The summed E-state index contributed by atoms with van der Waals surface area (Å²) in [7, 11) is 0. The zero-order chi connectivity index (χ0) is 15.7. The van der Waals surface area contributed by atoms with E-state index in [2.05, 4.69) is 0 Å². The Kier molecular flexibility index (Phi) is 3.84. The topological polar surface area (TPSA) is 55.1 Å². The summed E-state index contributed by atoms with van der Waals surface area (Å²) in [6.45, 7) is 1.42. The van der Waals surface area contributed by atoms with Crippen molar-refractivity contribution in [1.29, 1.82) is 0 Å². The van der Waals surface area contributed by atoms with Gasteiger partial charge in [0.1, 0.15) is 11.6 Å². The molecule has 110 valence electrons. The maximum Gasteiger partial charge on any atom is 0.255 e. The van der Waals surface area contributed by atoms with Crippen molar-refractivity contribution in [2.24, 2.45) is 0 Å². The lowest BCUT2D eigenvalue weighted by Crippen LogP contribution is -2.15. The van der Waals surface area contributed by atoms with E-state index in [1.165, 1.54) is 13.0 Å². The highest BCUT2D eigenvalue weighted by atomic mass is 19.2. The van der Waals surface area contributed by atoms with Crippen LogP contribution in [0, 0.1) is 30.2 Å². The molecule has 0 saturated carbocycles. The van der Waals surface area contributed by atoms with Gasteiger partial charge in [-0.05, 0) is 19.1 Å². The number of rotatable bonds is 2. The molecule has 0 unspecified atom stereocenters. The van der Waals surface area contributed by atoms with E-state index in [1.807, 2.05) is 5.32 Å². The van der Waals surface area contributed by atoms with Crippen LogP contribution in [-0.4, -0.2) is 5.91 Å². The van der Waals surface area contributed by atoms with Crippen LogP contribution in [0.5, 0.6) is 0 Å². The normalized spacial score (nSPS) is 10.5. The van der Waals surface area contributed by atoms with Gasteiger partial charge in [0.15, 0.2) is 11.6 Å². The van der Waals surface area contributed by atoms with Crippen LogP contribution in [0.3, 0.4) is 0 Å². The molecule has 21 heavy (non-hydrogen) atoms. The smallest absolute Gasteiger partial charge is 0.255 e. The summed E-state index contributed by atoms with van der Waals surface area (Å²) in [5, 5.41) is 1.97. The minimum atomic E-state index is -1.44. The van der Waals surface area contributed by atoms with E-state index in [0.717, 1.165) is 6.07 Å². The third-order valence-electron chi connectivity index (χ3n) is 2.89. The third kappa shape index (κ3) is 2.96. The van der Waals surface area contributed by atoms with Crippen LogP contribution < -0.4 is 11.1 Å². The van der Waals surface area contributed by atoms with Gasteiger partial charge in [0.05, 0.1) is 5.69 Å². The summed E-state index contributed by atoms with van der Waals surface area (Å²) in [4.78, 5) is 11.9. The Bertz CT molecular complexity index is 708. The van der Waals surface area contributed by atoms with Crippen LogP contribution in [0.2, 0.25) is 0 Å². The second-order valence-corrected chi connectivity index (χ2v) is 4.38. The molecule has 3 N–H and O–H groups in total. The molecule has 0 aromatic heterocycles. The number of nitrogens with two attached hydrogens (primary N) is 1. The summed E-state index contributed by atoms with van der Waals surface area (Å²) in [6.07, 6.45) is 0. The van der Waals surface area contributed by atoms with Crippen LogP contribution >= 0.6 is 0 Å². The summed E-state index contributed by atoms with van der Waals surface area (Å²) in [6, 6.07) is 3.04. The standard InChI is InChI=1S/C14H10F4N2O/c1-6-9(16)2-7(3-11(6)19)14(21)20-12-5-8(15)4-10(17)13(12)18/h2-5H,19H2,1H3,(H,20,21). The van der Waals surface area contributed by atoms with Gasteiger partial charge in [-0.1, -0.05) is 0 Å². The van der Waals surface area contributed by atoms with Crippen LogP contribution in [0.15, 0.2) is 24.3 Å². The molecule has 3 nitrogen and oxygen atoms in total. The van der Waals surface area contributed by atoms with Gasteiger partial charge in [0, 0.05) is 28.9 Å². The van der Waals surface area contributed by atoms with Gasteiger partial charge in [0.2, 0.25) is 0 Å². The number of hydrogen-bond acceptors (Lipinski definition) is 2. The van der Waals surface area contributed by atoms with Gasteiger partial charge in [-0.25, -0.2) is 17.6 Å². The summed E-state index contributed by atoms with van der Waals surface area (Å²) >= 11 is 0. The molecular weight excluding hydrogens is 288 g/mol. The molecule has 0 bridgehead atoms. The van der Waals surface area contributed by atoms with E-state index in [1.54, 1.807) is 0 Å². The van der Waals surface area contributed by atoms with E-state index < -0.39 is 34.9 Å². The first-order chi connectivity index (χ1) is 9.79. The molecular formula is C14H10F4N2O. The Labute approximate surface area is 117 Å². The molecule has 0 saturated heterocycles. The fraction of sp³-hybridized carbons (Fsp3) is 0.0714. The summed E-state index contributed by atoms with van der Waals surface area (Å²) < 4.78 is 52.9. The summed E-state index contributed by atoms with van der Waals surface area (Å²) in [5.74, 6) is -5.57. The number of hydrogen-bond donors (Lipinski definition) is 2. The number of carbonyl (C=O) groups excluding carboxylic acids is 1. The first kappa shape index (κ1) is 14.8. The molecule has 0 spiro atoms. The lowest BCUT2D eigenvalue weighted by molar-refractivity contribution is 0.102. The maximum atomic E-state index is 13.5. The lowest BCUT2D eigenvalue weighted by atomic mass is 10.1. The Morgan fingerprint density at radius 1 is 1.05 bits per heavy atom. The van der Waals surface area contributed by atoms with E-state index in [0.29, 0.717) is 12.1 Å². The van der Waals surface area contributed by atoms with Crippen LogP contribution in [0.1, 0.15) is 15.9 Å². The quantitative estimate of drug-likeness (QED) is 0.507. The van der Waals surface area contributed by atoms with Crippen molar-refractivity contribution in [3.05, 3.63) is 58.7 Å². The van der Waals surface area contributed by atoms with Crippen molar-refractivity contribution in [2.45, 2.75) is 6.92 Å². The van der Waals surface area contributed by atoms with Gasteiger partial charge in [-0.3, -0.25) is 4.79 Å². The minimum Gasteiger partial charge on any atom is -0.398 e. The number of halogens is 4. The zero-order valence-electron chi connectivity index (χ0n) is 10.8. The molecule has 0 aliphatic carbocycles. The van der Waals surface area contributed by atoms with E-state index >= 15 is 0 Å². The van der Waals surface area contributed by atoms with Crippen molar-refractivity contribution in [2.75, 3.05) is 11.1 Å². The molecule has 2 aromatic rings. The van der Waals surface area contributed by atoms with Gasteiger partial charge in [-0.2, -0.15) is 0 Å². The monoisotopic (exact) mass is 298 g/mol. The predicted molar refractivity (Wildman–Crippen MR) is 69.8 cm³/mol. The van der Waals surface area contributed by atoms with Gasteiger partial charge >= 0.3 is 0 Å². The molecule has 0 radical (unpaired) electrons. The molecule has 0 aliphatic rings. The van der Waals surface area contributed by atoms with Crippen molar-refractivity contribution in [3.63, 3.8) is 0 Å². The largest absolute Gasteiger partial charge is 0.398 e. The molecule has 2 rings (SSSR count). The third-order valence-corrected chi connectivity index (χ3v) is 2.89. The number of anilines is 2. The predicted octanol–water partition coefficient (Wildman–Crippen LogP) is 3.39. The highest BCUT2D eigenvalue weighted by Crippen LogP contribution is 2.22. The van der Waals surface area contributed by atoms with Crippen molar-refractivity contribution in [3.8, 4) is 0 Å². The van der Waals surface area contributed by atoms with Gasteiger partial charge in [0.25, 0.3) is 5.91 Å². The van der Waals surface area contributed by atoms with Crippen LogP contribution in [0.25, 0.3) is 0 Å². The van der Waals surface area contributed by atoms with Crippen LogP contribution in [-0.2, 0) is 0 Å². The molecule has 2 aromatic carbocycles. The van der Waals surface area contributed by atoms with Crippen molar-refractivity contribution in [1.82, 2.24) is 0 Å². The molecule has 0 heterocycles. The van der Waals surface area contributed by atoms with E-state index in [9.17, 15) is 22.4 Å². The number of benzene rings is 2. The van der Waals surface area contributed by atoms with E-state index in [-0.39, 0.29) is 16.8 Å². The molecule has 0 atom stereocenters. The first-order valence-electron chi connectivity index (χ1n) is 5.81. The second-order valence-electron chi connectivity index (χ2n) is 4.38. The average Bonchev–Trinajstić information content (AvgIpc) is 2.40. The number of nitrogens with one attached hydrogen (secondary N) is 1. The number of carbonyl (C=O) groups is 1. The molecule has 7 heteroatoms. The molecule has 1 amide bonds. The minimum absolute atomic E-state index is 0.0334. The average molecular weight is 298 g/mol. The number of amides is 1. The Morgan fingerprint density at radius 3 is 2.33 bits per heavy atom. The lowest BCUT2D eigenvalue weighted by Gasteiger charge is -2.09. The molecule has 0 fully saturated rings. The highest BCUT2D eigenvalue weighted by Gasteiger charge is 2.16. The second kappa shape index (κ2) is 5.43. The fourth-order valence-corrected chi connectivity index (χ4v) is 1.67.